The van der Waals surface area contributed by atoms with Crippen molar-refractivity contribution < 1.29 is 17.6 Å². The van der Waals surface area contributed by atoms with E-state index < -0.39 is 15.8 Å². The molecule has 0 saturated carbocycles. The van der Waals surface area contributed by atoms with Gasteiger partial charge in [0.1, 0.15) is 5.82 Å². The standard InChI is InChI=1S/C12H16FN3O3S.ClH/c1-20(18,19)16-11-7-8(4-5-9(11)13)15-12(17)10-3-2-6-14-10;/h4-5,7,10,14,16H,2-3,6H2,1H3,(H,15,17);1H/t10-;/m0./s1. The maximum atomic E-state index is 13.5. The van der Waals surface area contributed by atoms with Crippen molar-refractivity contribution in [3.05, 3.63) is 24.0 Å². The molecule has 1 aromatic rings. The van der Waals surface area contributed by atoms with Gasteiger partial charge in [0.2, 0.25) is 15.9 Å². The molecule has 1 aliphatic rings. The molecule has 9 heteroatoms. The minimum atomic E-state index is -3.58. The van der Waals surface area contributed by atoms with Gasteiger partial charge in [-0.2, -0.15) is 0 Å². The third-order valence-corrected chi connectivity index (χ3v) is 3.50. The number of anilines is 2. The molecule has 0 aromatic heterocycles. The lowest BCUT2D eigenvalue weighted by molar-refractivity contribution is -0.117. The number of rotatable bonds is 4. The van der Waals surface area contributed by atoms with E-state index in [1.165, 1.54) is 12.1 Å². The quantitative estimate of drug-likeness (QED) is 0.773. The summed E-state index contributed by atoms with van der Waals surface area (Å²) in [4.78, 5) is 11.9. The van der Waals surface area contributed by atoms with Gasteiger partial charge in [0.25, 0.3) is 0 Å². The summed E-state index contributed by atoms with van der Waals surface area (Å²) in [7, 11) is -3.58. The highest BCUT2D eigenvalue weighted by molar-refractivity contribution is 7.92. The van der Waals surface area contributed by atoms with E-state index in [1.54, 1.807) is 0 Å². The second-order valence-electron chi connectivity index (χ2n) is 4.71. The number of benzene rings is 1. The van der Waals surface area contributed by atoms with Crippen LogP contribution in [0.3, 0.4) is 0 Å². The maximum Gasteiger partial charge on any atom is 0.241 e. The zero-order valence-corrected chi connectivity index (χ0v) is 13.0. The van der Waals surface area contributed by atoms with Crippen LogP contribution in [0, 0.1) is 5.82 Å². The Balaban J connectivity index is 0.00000220. The van der Waals surface area contributed by atoms with Crippen molar-refractivity contribution in [1.82, 2.24) is 5.32 Å². The van der Waals surface area contributed by atoms with Crippen molar-refractivity contribution in [1.29, 1.82) is 0 Å². The number of hydrogen-bond donors (Lipinski definition) is 3. The Kier molecular flexibility index (Phi) is 5.94. The first-order valence-electron chi connectivity index (χ1n) is 6.17. The van der Waals surface area contributed by atoms with E-state index in [1.807, 2.05) is 0 Å². The zero-order valence-electron chi connectivity index (χ0n) is 11.3. The smallest absolute Gasteiger partial charge is 0.241 e. The third kappa shape index (κ3) is 5.14. The molecule has 1 saturated heterocycles. The van der Waals surface area contributed by atoms with Gasteiger partial charge in [-0.15, -0.1) is 12.4 Å². The molecule has 6 nitrogen and oxygen atoms in total. The molecule has 3 N–H and O–H groups in total. The van der Waals surface area contributed by atoms with E-state index in [-0.39, 0.29) is 30.0 Å². The zero-order chi connectivity index (χ0) is 14.8. The third-order valence-electron chi connectivity index (χ3n) is 2.91. The SMILES string of the molecule is CS(=O)(=O)Nc1cc(NC(=O)[C@@H]2CCCN2)ccc1F.Cl. The average Bonchev–Trinajstić information content (AvgIpc) is 2.85. The molecule has 0 radical (unpaired) electrons. The topological polar surface area (TPSA) is 87.3 Å². The summed E-state index contributed by atoms with van der Waals surface area (Å²) in [5.74, 6) is -0.910. The molecule has 1 aliphatic heterocycles. The van der Waals surface area contributed by atoms with Gasteiger partial charge in [-0.05, 0) is 37.6 Å². The van der Waals surface area contributed by atoms with Crippen molar-refractivity contribution in [2.24, 2.45) is 0 Å². The highest BCUT2D eigenvalue weighted by Crippen LogP contribution is 2.21. The number of sulfonamides is 1. The van der Waals surface area contributed by atoms with Gasteiger partial charge in [0, 0.05) is 5.69 Å². The second-order valence-corrected chi connectivity index (χ2v) is 6.46. The molecule has 1 fully saturated rings. The molecule has 2 rings (SSSR count). The first kappa shape index (κ1) is 17.7. The molecule has 1 heterocycles. The summed E-state index contributed by atoms with van der Waals surface area (Å²) in [5.41, 5.74) is 0.154. The van der Waals surface area contributed by atoms with E-state index in [9.17, 15) is 17.6 Å². The monoisotopic (exact) mass is 337 g/mol. The summed E-state index contributed by atoms with van der Waals surface area (Å²) in [6.07, 6.45) is 2.62. The van der Waals surface area contributed by atoms with E-state index in [0.29, 0.717) is 5.69 Å². The Morgan fingerprint density at radius 2 is 2.14 bits per heavy atom. The largest absolute Gasteiger partial charge is 0.325 e. The van der Waals surface area contributed by atoms with Crippen molar-refractivity contribution in [3.8, 4) is 0 Å². The molecule has 0 aliphatic carbocycles. The maximum absolute atomic E-state index is 13.5. The Morgan fingerprint density at radius 3 is 2.71 bits per heavy atom. The van der Waals surface area contributed by atoms with Crippen LogP contribution in [0.5, 0.6) is 0 Å². The van der Waals surface area contributed by atoms with Gasteiger partial charge in [0.15, 0.2) is 0 Å². The number of carbonyl (C=O) groups excluding carboxylic acids is 1. The minimum Gasteiger partial charge on any atom is -0.325 e. The number of nitrogens with one attached hydrogen (secondary N) is 3. The van der Waals surface area contributed by atoms with Crippen molar-refractivity contribution in [3.63, 3.8) is 0 Å². The van der Waals surface area contributed by atoms with Crippen LogP contribution in [-0.4, -0.2) is 33.2 Å². The predicted molar refractivity (Wildman–Crippen MR) is 81.8 cm³/mol. The van der Waals surface area contributed by atoms with Crippen LogP contribution in [0.4, 0.5) is 15.8 Å². The summed E-state index contributed by atoms with van der Waals surface area (Å²) < 4.78 is 37.8. The van der Waals surface area contributed by atoms with Crippen LogP contribution in [-0.2, 0) is 14.8 Å². The molecule has 0 unspecified atom stereocenters. The van der Waals surface area contributed by atoms with Gasteiger partial charge >= 0.3 is 0 Å². The van der Waals surface area contributed by atoms with Gasteiger partial charge in [0.05, 0.1) is 18.0 Å². The number of hydrogen-bond acceptors (Lipinski definition) is 4. The molecular formula is C12H17ClFN3O3S. The van der Waals surface area contributed by atoms with E-state index in [2.05, 4.69) is 15.4 Å². The van der Waals surface area contributed by atoms with Crippen LogP contribution < -0.4 is 15.4 Å². The van der Waals surface area contributed by atoms with Gasteiger partial charge < -0.3 is 10.6 Å². The lowest BCUT2D eigenvalue weighted by atomic mass is 10.2. The van der Waals surface area contributed by atoms with Crippen LogP contribution >= 0.6 is 12.4 Å². The molecule has 1 aromatic carbocycles. The van der Waals surface area contributed by atoms with E-state index in [4.69, 9.17) is 0 Å². The highest BCUT2D eigenvalue weighted by Gasteiger charge is 2.22. The van der Waals surface area contributed by atoms with Gasteiger partial charge in [-0.1, -0.05) is 0 Å². The first-order valence-corrected chi connectivity index (χ1v) is 8.06. The molecule has 1 amide bonds. The Labute approximate surface area is 129 Å². The first-order chi connectivity index (χ1) is 9.35. The van der Waals surface area contributed by atoms with Gasteiger partial charge in [-0.3, -0.25) is 9.52 Å². The van der Waals surface area contributed by atoms with Crippen LogP contribution in [0.25, 0.3) is 0 Å². The second kappa shape index (κ2) is 7.06. The van der Waals surface area contributed by atoms with Crippen LogP contribution in [0.2, 0.25) is 0 Å². The molecular weight excluding hydrogens is 321 g/mol. The summed E-state index contributed by atoms with van der Waals surface area (Å²) in [5, 5.41) is 5.68. The Morgan fingerprint density at radius 1 is 1.43 bits per heavy atom. The fraction of sp³-hybridized carbons (Fsp3) is 0.417. The summed E-state index contributed by atoms with van der Waals surface area (Å²) in [6.45, 7) is 0.794. The number of amides is 1. The van der Waals surface area contributed by atoms with Crippen molar-refractivity contribution in [2.75, 3.05) is 22.8 Å². The highest BCUT2D eigenvalue weighted by atomic mass is 35.5. The number of halogens is 2. The Hall–Kier alpha value is -1.38. The average molecular weight is 338 g/mol. The lowest BCUT2D eigenvalue weighted by Crippen LogP contribution is -2.35. The molecule has 118 valence electrons. The van der Waals surface area contributed by atoms with E-state index in [0.717, 1.165) is 31.7 Å². The molecule has 1 atom stereocenters. The molecule has 21 heavy (non-hydrogen) atoms. The van der Waals surface area contributed by atoms with E-state index >= 15 is 0 Å². The van der Waals surface area contributed by atoms with Crippen LogP contribution in [0.15, 0.2) is 18.2 Å². The predicted octanol–water partition coefficient (Wildman–Crippen LogP) is 1.31. The molecule has 0 bridgehead atoms. The Bertz CT molecular complexity index is 618. The van der Waals surface area contributed by atoms with Crippen LogP contribution in [0.1, 0.15) is 12.8 Å². The molecule has 0 spiro atoms. The van der Waals surface area contributed by atoms with Crippen molar-refractivity contribution >= 4 is 39.7 Å². The summed E-state index contributed by atoms with van der Waals surface area (Å²) >= 11 is 0. The van der Waals surface area contributed by atoms with Crippen molar-refractivity contribution in [2.45, 2.75) is 18.9 Å². The van der Waals surface area contributed by atoms with Gasteiger partial charge in [-0.25, -0.2) is 12.8 Å². The summed E-state index contributed by atoms with van der Waals surface area (Å²) in [6, 6.07) is 3.48. The normalized spacial score (nSPS) is 17.9. The fourth-order valence-electron chi connectivity index (χ4n) is 2.02. The lowest BCUT2D eigenvalue weighted by Gasteiger charge is -2.12. The minimum absolute atomic E-state index is 0. The fourth-order valence-corrected chi connectivity index (χ4v) is 2.57. The number of carbonyl (C=O) groups is 1.